The Hall–Kier alpha value is -1.76. The lowest BCUT2D eigenvalue weighted by Crippen LogP contribution is -2.40. The number of hydrogen-bond acceptors (Lipinski definition) is 4. The first-order valence-corrected chi connectivity index (χ1v) is 13.6. The first kappa shape index (κ1) is 25.5. The van der Waals surface area contributed by atoms with Gasteiger partial charge in [0, 0.05) is 18.7 Å². The third-order valence-electron chi connectivity index (χ3n) is 6.16. The first-order valence-electron chi connectivity index (χ1n) is 10.7. The summed E-state index contributed by atoms with van der Waals surface area (Å²) in [7, 11) is 1.33. The van der Waals surface area contributed by atoms with Crippen LogP contribution in [0.2, 0.25) is 18.1 Å². The average Bonchev–Trinajstić information content (AvgIpc) is 2.66. The number of aromatic nitrogens is 1. The summed E-state index contributed by atoms with van der Waals surface area (Å²) < 4.78 is 32.4. The predicted octanol–water partition coefficient (Wildman–Crippen LogP) is 7.15. The molecule has 2 aromatic rings. The van der Waals surface area contributed by atoms with Gasteiger partial charge in [-0.05, 0) is 40.2 Å². The van der Waals surface area contributed by atoms with Gasteiger partial charge in [-0.15, -0.1) is 0 Å². The van der Waals surface area contributed by atoms with Crippen LogP contribution in [0, 0.1) is 11.2 Å². The minimum absolute atomic E-state index is 0.132. The van der Waals surface area contributed by atoms with Crippen LogP contribution in [0.5, 0.6) is 5.88 Å². The second-order valence-corrected chi connectivity index (χ2v) is 15.5. The molecule has 1 atom stereocenters. The Morgan fingerprint density at radius 1 is 1.00 bits per heavy atom. The van der Waals surface area contributed by atoms with E-state index in [-0.39, 0.29) is 16.6 Å². The van der Waals surface area contributed by atoms with E-state index in [9.17, 15) is 4.39 Å². The van der Waals surface area contributed by atoms with Crippen molar-refractivity contribution < 1.29 is 18.3 Å². The van der Waals surface area contributed by atoms with Crippen molar-refractivity contribution in [2.75, 3.05) is 14.2 Å². The lowest BCUT2D eigenvalue weighted by Gasteiger charge is -2.36. The molecule has 1 heterocycles. The third kappa shape index (κ3) is 5.93. The zero-order valence-corrected chi connectivity index (χ0v) is 21.7. The van der Waals surface area contributed by atoms with Crippen molar-refractivity contribution in [1.29, 1.82) is 0 Å². The van der Waals surface area contributed by atoms with Crippen molar-refractivity contribution in [3.05, 3.63) is 47.4 Å². The van der Waals surface area contributed by atoms with E-state index in [1.165, 1.54) is 13.3 Å². The molecule has 0 saturated heterocycles. The SMILES string of the molecule is COc1cc(-c2ccc(CO[Si](C)(C)C(C)(C)C)cc2[C@H](OC)C(C)(C)C)c(F)cn1. The summed E-state index contributed by atoms with van der Waals surface area (Å²) in [4.78, 5) is 3.98. The molecule has 2 rings (SSSR count). The molecule has 0 saturated carbocycles. The highest BCUT2D eigenvalue weighted by Gasteiger charge is 2.37. The fraction of sp³-hybridized carbons (Fsp3) is 0.560. The zero-order valence-electron chi connectivity index (χ0n) is 20.7. The van der Waals surface area contributed by atoms with Gasteiger partial charge < -0.3 is 13.9 Å². The summed E-state index contributed by atoms with van der Waals surface area (Å²) in [5, 5.41) is 0.132. The van der Waals surface area contributed by atoms with Crippen molar-refractivity contribution in [1.82, 2.24) is 4.98 Å². The monoisotopic (exact) mass is 447 g/mol. The van der Waals surface area contributed by atoms with Crippen LogP contribution in [0.25, 0.3) is 11.1 Å². The molecule has 0 radical (unpaired) electrons. The maximum Gasteiger partial charge on any atom is 0.213 e. The van der Waals surface area contributed by atoms with Crippen molar-refractivity contribution >= 4 is 8.32 Å². The Kier molecular flexibility index (Phi) is 7.72. The van der Waals surface area contributed by atoms with E-state index >= 15 is 0 Å². The predicted molar refractivity (Wildman–Crippen MR) is 127 cm³/mol. The number of halogens is 1. The smallest absolute Gasteiger partial charge is 0.213 e. The molecule has 6 heteroatoms. The van der Waals surface area contributed by atoms with Gasteiger partial charge in [0.15, 0.2) is 8.32 Å². The Bertz CT molecular complexity index is 901. The van der Waals surface area contributed by atoms with Gasteiger partial charge in [-0.2, -0.15) is 0 Å². The van der Waals surface area contributed by atoms with E-state index in [1.54, 1.807) is 13.2 Å². The molecule has 172 valence electrons. The molecule has 0 aliphatic rings. The maximum absolute atomic E-state index is 14.8. The van der Waals surface area contributed by atoms with Crippen LogP contribution in [0.4, 0.5) is 4.39 Å². The molecule has 1 aromatic carbocycles. The fourth-order valence-corrected chi connectivity index (χ4v) is 4.29. The Morgan fingerprint density at radius 2 is 1.65 bits per heavy atom. The number of nitrogens with zero attached hydrogens (tertiary/aromatic N) is 1. The van der Waals surface area contributed by atoms with Gasteiger partial charge in [0.25, 0.3) is 0 Å². The standard InChI is InChI=1S/C25H38FNO3Si/c1-24(2,3)23(29-8)20-13-17(16-30-31(9,10)25(4,5)6)11-12-18(20)19-14-22(28-7)27-15-21(19)26/h11-15,23H,16H2,1-10H3/t23-/m0/s1. The van der Waals surface area contributed by atoms with Crippen LogP contribution < -0.4 is 4.74 Å². The molecule has 0 aliphatic heterocycles. The average molecular weight is 448 g/mol. The Balaban J connectivity index is 2.57. The topological polar surface area (TPSA) is 40.6 Å². The van der Waals surface area contributed by atoms with Crippen molar-refractivity contribution in [3.8, 4) is 17.0 Å². The maximum atomic E-state index is 14.8. The second kappa shape index (κ2) is 9.39. The van der Waals surface area contributed by atoms with E-state index in [0.717, 1.165) is 16.7 Å². The summed E-state index contributed by atoms with van der Waals surface area (Å²) in [6, 6.07) is 7.69. The lowest BCUT2D eigenvalue weighted by molar-refractivity contribution is 0.0155. The van der Waals surface area contributed by atoms with Crippen LogP contribution in [0.1, 0.15) is 58.8 Å². The number of pyridine rings is 1. The normalized spacial score (nSPS) is 13.9. The molecule has 0 unspecified atom stereocenters. The van der Waals surface area contributed by atoms with Gasteiger partial charge in [0.2, 0.25) is 5.88 Å². The fourth-order valence-electron chi connectivity index (χ4n) is 3.33. The summed E-state index contributed by atoms with van der Waals surface area (Å²) in [5.74, 6) is -0.0199. The van der Waals surface area contributed by atoms with Gasteiger partial charge in [0.05, 0.1) is 26.0 Å². The molecular weight excluding hydrogens is 409 g/mol. The van der Waals surface area contributed by atoms with Crippen LogP contribution in [-0.2, 0) is 15.8 Å². The Morgan fingerprint density at radius 3 is 2.16 bits per heavy atom. The van der Waals surface area contributed by atoms with Crippen molar-refractivity contribution in [2.45, 2.75) is 72.4 Å². The van der Waals surface area contributed by atoms with Crippen LogP contribution >= 0.6 is 0 Å². The summed E-state index contributed by atoms with van der Waals surface area (Å²) in [6.45, 7) is 18.1. The van der Waals surface area contributed by atoms with Crippen LogP contribution in [0.15, 0.2) is 30.5 Å². The number of ether oxygens (including phenoxy) is 2. The molecule has 0 spiro atoms. The molecule has 0 N–H and O–H groups in total. The number of hydrogen-bond donors (Lipinski definition) is 0. The Labute approximate surface area is 188 Å². The van der Waals surface area contributed by atoms with Gasteiger partial charge >= 0.3 is 0 Å². The molecule has 0 amide bonds. The van der Waals surface area contributed by atoms with Crippen molar-refractivity contribution in [3.63, 3.8) is 0 Å². The number of rotatable bonds is 7. The molecule has 0 aliphatic carbocycles. The molecule has 0 fully saturated rings. The van der Waals surface area contributed by atoms with E-state index in [0.29, 0.717) is 18.1 Å². The lowest BCUT2D eigenvalue weighted by atomic mass is 9.81. The zero-order chi connectivity index (χ0) is 23.6. The molecule has 1 aromatic heterocycles. The van der Waals surface area contributed by atoms with E-state index in [4.69, 9.17) is 13.9 Å². The van der Waals surface area contributed by atoms with E-state index < -0.39 is 14.1 Å². The minimum atomic E-state index is -1.89. The molecule has 0 bridgehead atoms. The van der Waals surface area contributed by atoms with Crippen molar-refractivity contribution in [2.24, 2.45) is 5.41 Å². The number of benzene rings is 1. The van der Waals surface area contributed by atoms with Gasteiger partial charge in [-0.3, -0.25) is 0 Å². The van der Waals surface area contributed by atoms with E-state index in [2.05, 4.69) is 65.7 Å². The van der Waals surface area contributed by atoms with E-state index in [1.807, 2.05) is 12.1 Å². The minimum Gasteiger partial charge on any atom is -0.481 e. The highest BCUT2D eigenvalue weighted by atomic mass is 28.4. The summed E-state index contributed by atoms with van der Waals surface area (Å²) in [5.41, 5.74) is 3.02. The molecule has 31 heavy (non-hydrogen) atoms. The van der Waals surface area contributed by atoms with Gasteiger partial charge in [-0.25, -0.2) is 9.37 Å². The van der Waals surface area contributed by atoms with Crippen LogP contribution in [-0.4, -0.2) is 27.5 Å². The van der Waals surface area contributed by atoms with Gasteiger partial charge in [-0.1, -0.05) is 59.7 Å². The van der Waals surface area contributed by atoms with Crippen LogP contribution in [0.3, 0.4) is 0 Å². The first-order chi connectivity index (χ1) is 14.2. The quantitative estimate of drug-likeness (QED) is 0.423. The molecule has 4 nitrogen and oxygen atoms in total. The second-order valence-electron chi connectivity index (χ2n) is 10.7. The highest BCUT2D eigenvalue weighted by molar-refractivity contribution is 6.74. The third-order valence-corrected chi connectivity index (χ3v) is 10.6. The summed E-state index contributed by atoms with van der Waals surface area (Å²) >= 11 is 0. The van der Waals surface area contributed by atoms with Gasteiger partial charge in [0.1, 0.15) is 5.82 Å². The summed E-state index contributed by atoms with van der Waals surface area (Å²) in [6.07, 6.45) is 0.972. The molecular formula is C25H38FNO3Si. The largest absolute Gasteiger partial charge is 0.481 e. The number of methoxy groups -OCH3 is 2. The highest BCUT2D eigenvalue weighted by Crippen LogP contribution is 2.42.